The molecule has 32 heavy (non-hydrogen) atoms. The summed E-state index contributed by atoms with van der Waals surface area (Å²) >= 11 is 13.1. The molecule has 168 valence electrons. The van der Waals surface area contributed by atoms with Crippen LogP contribution in [0.5, 0.6) is 5.75 Å². The van der Waals surface area contributed by atoms with Crippen LogP contribution in [0.2, 0.25) is 10.0 Å². The van der Waals surface area contributed by atoms with Crippen LogP contribution in [0.25, 0.3) is 0 Å². The number of anilines is 2. The molecule has 1 aliphatic heterocycles. The van der Waals surface area contributed by atoms with Gasteiger partial charge in [0.25, 0.3) is 10.0 Å². The van der Waals surface area contributed by atoms with Crippen molar-refractivity contribution < 1.29 is 17.9 Å². The highest BCUT2D eigenvalue weighted by molar-refractivity contribution is 7.93. The second-order valence-corrected chi connectivity index (χ2v) is 10.9. The minimum absolute atomic E-state index is 0.0863. The van der Waals surface area contributed by atoms with Crippen LogP contribution in [-0.4, -0.2) is 31.1 Å². The molecule has 3 aromatic rings. The van der Waals surface area contributed by atoms with E-state index in [2.05, 4.69) is 20.2 Å². The first-order valence-corrected chi connectivity index (χ1v) is 12.6. The summed E-state index contributed by atoms with van der Waals surface area (Å²) in [5, 5.41) is 12.2. The maximum absolute atomic E-state index is 12.7. The molecular formula is C20H18Cl2N4O4S2. The Hall–Kier alpha value is -2.40. The lowest BCUT2D eigenvalue weighted by Crippen LogP contribution is -2.31. The van der Waals surface area contributed by atoms with Gasteiger partial charge in [0.05, 0.1) is 16.5 Å². The second-order valence-electron chi connectivity index (χ2n) is 7.15. The zero-order valence-corrected chi connectivity index (χ0v) is 19.9. The van der Waals surface area contributed by atoms with Gasteiger partial charge in [0.1, 0.15) is 10.8 Å². The molecule has 12 heteroatoms. The van der Waals surface area contributed by atoms with Gasteiger partial charge in [-0.1, -0.05) is 34.5 Å². The highest BCUT2D eigenvalue weighted by atomic mass is 35.5. The average Bonchev–Trinajstić information content (AvgIpc) is 3.13. The van der Waals surface area contributed by atoms with Crippen molar-refractivity contribution >= 4 is 61.3 Å². The third-order valence-corrected chi connectivity index (χ3v) is 7.60. The summed E-state index contributed by atoms with van der Waals surface area (Å²) in [5.41, 5.74) is 1.33. The summed E-state index contributed by atoms with van der Waals surface area (Å²) in [7, 11) is -3.83. The molecule has 1 aromatic heterocycles. The molecule has 0 radical (unpaired) electrons. The van der Waals surface area contributed by atoms with Crippen molar-refractivity contribution in [1.82, 2.24) is 10.2 Å². The van der Waals surface area contributed by atoms with Gasteiger partial charge in [-0.2, -0.15) is 0 Å². The van der Waals surface area contributed by atoms with Crippen molar-refractivity contribution in [2.24, 2.45) is 5.92 Å². The number of hydrogen-bond acceptors (Lipinski definition) is 7. The predicted octanol–water partition coefficient (Wildman–Crippen LogP) is 4.53. The molecule has 4 rings (SSSR count). The number of nitrogens with one attached hydrogen (secondary N) is 2. The standard InChI is InChI=1S/C20H18Cl2N4O4S2/c1-11-24-25-20(31-11)26-32(28,29)15-3-4-17-13(9-15)8-12(19(27)23-17)6-7-30-18-5-2-14(21)10-16(18)22/h2-5,9-10,12H,6-8H2,1H3,(H,23,27)(H,25,26). The summed E-state index contributed by atoms with van der Waals surface area (Å²) in [6, 6.07) is 9.53. The molecular weight excluding hydrogens is 495 g/mol. The molecule has 2 heterocycles. The van der Waals surface area contributed by atoms with E-state index in [4.69, 9.17) is 27.9 Å². The molecule has 1 aliphatic rings. The Labute approximate surface area is 199 Å². The van der Waals surface area contributed by atoms with Crippen molar-refractivity contribution in [3.8, 4) is 5.75 Å². The molecule has 0 bridgehead atoms. The highest BCUT2D eigenvalue weighted by Gasteiger charge is 2.28. The molecule has 0 saturated heterocycles. The SMILES string of the molecule is Cc1nnc(NS(=O)(=O)c2ccc3c(c2)CC(CCOc2ccc(Cl)cc2Cl)C(=O)N3)s1. The van der Waals surface area contributed by atoms with Crippen LogP contribution in [0.3, 0.4) is 0 Å². The summed E-state index contributed by atoms with van der Waals surface area (Å²) in [6.07, 6.45) is 0.823. The Morgan fingerprint density at radius 3 is 2.75 bits per heavy atom. The minimum atomic E-state index is -3.83. The number of sulfonamides is 1. The number of rotatable bonds is 7. The number of amides is 1. The number of fused-ring (bicyclic) bond motifs is 1. The molecule has 0 aliphatic carbocycles. The van der Waals surface area contributed by atoms with E-state index in [1.807, 2.05) is 0 Å². The highest BCUT2D eigenvalue weighted by Crippen LogP contribution is 2.31. The Kier molecular flexibility index (Phi) is 6.57. The van der Waals surface area contributed by atoms with Crippen LogP contribution in [0.1, 0.15) is 17.0 Å². The fraction of sp³-hybridized carbons (Fsp3) is 0.250. The number of aromatic nitrogens is 2. The smallest absolute Gasteiger partial charge is 0.263 e. The van der Waals surface area contributed by atoms with Crippen LogP contribution < -0.4 is 14.8 Å². The van der Waals surface area contributed by atoms with Gasteiger partial charge < -0.3 is 10.1 Å². The quantitative estimate of drug-likeness (QED) is 0.480. The molecule has 0 fully saturated rings. The van der Waals surface area contributed by atoms with Gasteiger partial charge >= 0.3 is 0 Å². The summed E-state index contributed by atoms with van der Waals surface area (Å²) in [4.78, 5) is 12.6. The van der Waals surface area contributed by atoms with Gasteiger partial charge in [-0.3, -0.25) is 9.52 Å². The first-order chi connectivity index (χ1) is 15.2. The van der Waals surface area contributed by atoms with Gasteiger partial charge in [0.15, 0.2) is 0 Å². The second kappa shape index (κ2) is 9.22. The summed E-state index contributed by atoms with van der Waals surface area (Å²) in [5.74, 6) is -0.0225. The molecule has 0 saturated carbocycles. The normalized spacial score (nSPS) is 15.7. The van der Waals surface area contributed by atoms with Crippen molar-refractivity contribution in [3.63, 3.8) is 0 Å². The van der Waals surface area contributed by atoms with Crippen molar-refractivity contribution in [1.29, 1.82) is 0 Å². The molecule has 1 atom stereocenters. The first-order valence-electron chi connectivity index (χ1n) is 9.56. The van der Waals surface area contributed by atoms with Crippen LogP contribution in [0, 0.1) is 12.8 Å². The number of carbonyl (C=O) groups is 1. The van der Waals surface area contributed by atoms with Crippen molar-refractivity contribution in [3.05, 3.63) is 57.0 Å². The minimum Gasteiger partial charge on any atom is -0.492 e. The van der Waals surface area contributed by atoms with E-state index >= 15 is 0 Å². The van der Waals surface area contributed by atoms with Gasteiger partial charge in [0.2, 0.25) is 11.0 Å². The average molecular weight is 513 g/mol. The lowest BCUT2D eigenvalue weighted by molar-refractivity contribution is -0.120. The largest absolute Gasteiger partial charge is 0.492 e. The maximum Gasteiger partial charge on any atom is 0.263 e. The van der Waals surface area contributed by atoms with Crippen LogP contribution >= 0.6 is 34.5 Å². The van der Waals surface area contributed by atoms with Gasteiger partial charge in [-0.05, 0) is 61.7 Å². The van der Waals surface area contributed by atoms with E-state index in [1.54, 1.807) is 37.3 Å². The summed E-state index contributed by atoms with van der Waals surface area (Å²) < 4.78 is 33.6. The molecule has 1 amide bonds. The monoisotopic (exact) mass is 512 g/mol. The summed E-state index contributed by atoms with van der Waals surface area (Å²) in [6.45, 7) is 2.01. The molecule has 0 spiro atoms. The number of benzene rings is 2. The number of hydrogen-bond donors (Lipinski definition) is 2. The van der Waals surface area contributed by atoms with E-state index < -0.39 is 10.0 Å². The maximum atomic E-state index is 12.7. The first kappa shape index (κ1) is 22.8. The number of nitrogens with zero attached hydrogens (tertiary/aromatic N) is 2. The lowest BCUT2D eigenvalue weighted by atomic mass is 9.91. The van der Waals surface area contributed by atoms with E-state index in [0.29, 0.717) is 39.3 Å². The fourth-order valence-corrected chi connectivity index (χ4v) is 5.60. The number of halogens is 2. The Morgan fingerprint density at radius 2 is 2.03 bits per heavy atom. The van der Waals surface area contributed by atoms with Gasteiger partial charge in [-0.15, -0.1) is 10.2 Å². The third-order valence-electron chi connectivity index (χ3n) is 4.85. The Balaban J connectivity index is 1.44. The van der Waals surface area contributed by atoms with E-state index in [0.717, 1.165) is 16.9 Å². The zero-order valence-electron chi connectivity index (χ0n) is 16.8. The Bertz CT molecular complexity index is 1280. The van der Waals surface area contributed by atoms with E-state index in [-0.39, 0.29) is 28.5 Å². The lowest BCUT2D eigenvalue weighted by Gasteiger charge is -2.25. The van der Waals surface area contributed by atoms with Gasteiger partial charge in [0, 0.05) is 16.6 Å². The van der Waals surface area contributed by atoms with Crippen LogP contribution in [-0.2, 0) is 21.2 Å². The van der Waals surface area contributed by atoms with Crippen LogP contribution in [0.15, 0.2) is 41.3 Å². The van der Waals surface area contributed by atoms with Crippen LogP contribution in [0.4, 0.5) is 10.8 Å². The van der Waals surface area contributed by atoms with Crippen molar-refractivity contribution in [2.75, 3.05) is 16.6 Å². The third kappa shape index (κ3) is 5.15. The number of carbonyl (C=O) groups excluding carboxylic acids is 1. The number of ether oxygens (including phenoxy) is 1. The van der Waals surface area contributed by atoms with Gasteiger partial charge in [-0.25, -0.2) is 8.42 Å². The van der Waals surface area contributed by atoms with E-state index in [1.165, 1.54) is 6.07 Å². The molecule has 2 aromatic carbocycles. The zero-order chi connectivity index (χ0) is 22.9. The fourth-order valence-electron chi connectivity index (χ4n) is 3.27. The Morgan fingerprint density at radius 1 is 1.22 bits per heavy atom. The topological polar surface area (TPSA) is 110 Å². The molecule has 2 N–H and O–H groups in total. The molecule has 1 unspecified atom stereocenters. The molecule has 8 nitrogen and oxygen atoms in total. The van der Waals surface area contributed by atoms with E-state index in [9.17, 15) is 13.2 Å². The predicted molar refractivity (Wildman–Crippen MR) is 124 cm³/mol. The van der Waals surface area contributed by atoms with Crippen molar-refractivity contribution in [2.45, 2.75) is 24.7 Å². The number of aryl methyl sites for hydroxylation is 1.